The van der Waals surface area contributed by atoms with Crippen molar-refractivity contribution in [3.8, 4) is 0 Å². The number of amides is 2. The van der Waals surface area contributed by atoms with Gasteiger partial charge in [-0.1, -0.05) is 18.2 Å². The summed E-state index contributed by atoms with van der Waals surface area (Å²) in [7, 11) is 0. The van der Waals surface area contributed by atoms with Crippen molar-refractivity contribution in [1.29, 1.82) is 0 Å². The predicted molar refractivity (Wildman–Crippen MR) is 98.7 cm³/mol. The quantitative estimate of drug-likeness (QED) is 0.773. The number of carbonyl (C=O) groups is 3. The van der Waals surface area contributed by atoms with E-state index in [9.17, 15) is 18.8 Å². The molecule has 0 bridgehead atoms. The molecule has 0 radical (unpaired) electrons. The van der Waals surface area contributed by atoms with Crippen LogP contribution in [0.5, 0.6) is 0 Å². The van der Waals surface area contributed by atoms with Gasteiger partial charge in [-0.25, -0.2) is 9.18 Å². The first-order valence-corrected chi connectivity index (χ1v) is 9.17. The van der Waals surface area contributed by atoms with E-state index in [0.717, 1.165) is 12.7 Å². The second kappa shape index (κ2) is 8.97. The third-order valence-electron chi connectivity index (χ3n) is 4.34. The van der Waals surface area contributed by atoms with Crippen LogP contribution in [-0.4, -0.2) is 47.4 Å². The maximum atomic E-state index is 14.0. The van der Waals surface area contributed by atoms with Crippen molar-refractivity contribution in [2.75, 3.05) is 6.54 Å². The number of hydrogen-bond acceptors (Lipinski definition) is 4. The summed E-state index contributed by atoms with van der Waals surface area (Å²) in [5.74, 6) is -0.630. The van der Waals surface area contributed by atoms with E-state index >= 15 is 0 Å². The Bertz CT molecular complexity index is 687. The lowest BCUT2D eigenvalue weighted by molar-refractivity contribution is -0.134. The van der Waals surface area contributed by atoms with E-state index in [2.05, 4.69) is 5.32 Å². The molecule has 7 heteroatoms. The van der Waals surface area contributed by atoms with Crippen LogP contribution in [-0.2, 0) is 20.7 Å². The van der Waals surface area contributed by atoms with Crippen molar-refractivity contribution in [3.05, 3.63) is 35.6 Å². The molecule has 1 heterocycles. The lowest BCUT2D eigenvalue weighted by Gasteiger charge is -2.26. The minimum atomic E-state index is -0.686. The smallest absolute Gasteiger partial charge is 0.407 e. The number of hydrogen-bond donors (Lipinski definition) is 1. The molecule has 1 N–H and O–H groups in total. The average molecular weight is 378 g/mol. The molecule has 148 valence electrons. The van der Waals surface area contributed by atoms with Gasteiger partial charge in [0.1, 0.15) is 17.7 Å². The molecule has 27 heavy (non-hydrogen) atoms. The van der Waals surface area contributed by atoms with Gasteiger partial charge in [0.05, 0.1) is 6.04 Å². The van der Waals surface area contributed by atoms with Gasteiger partial charge in [-0.15, -0.1) is 0 Å². The lowest BCUT2D eigenvalue weighted by Crippen LogP contribution is -2.45. The fourth-order valence-electron chi connectivity index (χ4n) is 3.15. The molecular formula is C20H27FN2O4. The number of nitrogens with zero attached hydrogens (tertiary/aromatic N) is 1. The van der Waals surface area contributed by atoms with Crippen LogP contribution in [0.2, 0.25) is 0 Å². The molecule has 0 aromatic heterocycles. The largest absolute Gasteiger partial charge is 0.444 e. The number of alkyl carbamates (subject to hydrolysis) is 1. The first-order chi connectivity index (χ1) is 12.7. The number of halogens is 1. The monoisotopic (exact) mass is 378 g/mol. The van der Waals surface area contributed by atoms with Crippen LogP contribution in [0, 0.1) is 5.82 Å². The van der Waals surface area contributed by atoms with Gasteiger partial charge in [0.25, 0.3) is 0 Å². The molecule has 2 atom stereocenters. The van der Waals surface area contributed by atoms with E-state index in [4.69, 9.17) is 4.74 Å². The zero-order valence-corrected chi connectivity index (χ0v) is 16.0. The Labute approximate surface area is 159 Å². The van der Waals surface area contributed by atoms with Gasteiger partial charge in [-0.3, -0.25) is 4.79 Å². The van der Waals surface area contributed by atoms with Crippen LogP contribution in [0.3, 0.4) is 0 Å². The summed E-state index contributed by atoms with van der Waals surface area (Å²) in [4.78, 5) is 37.5. The number of aldehydes is 1. The minimum Gasteiger partial charge on any atom is -0.444 e. The number of carbonyl (C=O) groups excluding carboxylic acids is 3. The van der Waals surface area contributed by atoms with Gasteiger partial charge < -0.3 is 19.7 Å². The first kappa shape index (κ1) is 20.9. The number of benzene rings is 1. The van der Waals surface area contributed by atoms with Crippen LogP contribution in [0.4, 0.5) is 9.18 Å². The van der Waals surface area contributed by atoms with Crippen molar-refractivity contribution in [2.24, 2.45) is 0 Å². The van der Waals surface area contributed by atoms with Crippen LogP contribution >= 0.6 is 0 Å². The molecule has 1 aromatic carbocycles. The average Bonchev–Trinajstić information content (AvgIpc) is 3.03. The highest BCUT2D eigenvalue weighted by atomic mass is 19.1. The molecule has 2 amide bonds. The Hall–Kier alpha value is -2.44. The number of rotatable bonds is 6. The lowest BCUT2D eigenvalue weighted by atomic mass is 10.0. The van der Waals surface area contributed by atoms with E-state index in [1.54, 1.807) is 39.0 Å². The van der Waals surface area contributed by atoms with Gasteiger partial charge in [0, 0.05) is 19.0 Å². The molecule has 1 saturated heterocycles. The molecule has 1 aromatic rings. The van der Waals surface area contributed by atoms with Gasteiger partial charge >= 0.3 is 6.09 Å². The van der Waals surface area contributed by atoms with Gasteiger partial charge in [0.2, 0.25) is 5.91 Å². The summed E-state index contributed by atoms with van der Waals surface area (Å²) < 4.78 is 19.3. The van der Waals surface area contributed by atoms with Gasteiger partial charge in [-0.05, 0) is 51.7 Å². The normalized spacial score (nSPS) is 18.1. The highest BCUT2D eigenvalue weighted by molar-refractivity contribution is 5.81. The molecule has 1 unspecified atom stereocenters. The Morgan fingerprint density at radius 2 is 2.07 bits per heavy atom. The molecule has 1 aliphatic heterocycles. The van der Waals surface area contributed by atoms with Crippen molar-refractivity contribution < 1.29 is 23.5 Å². The zero-order valence-electron chi connectivity index (χ0n) is 16.0. The second-order valence-corrected chi connectivity index (χ2v) is 7.78. The number of likely N-dealkylation sites (tertiary alicyclic amines) is 1. The number of nitrogens with one attached hydrogen (secondary N) is 1. The van der Waals surface area contributed by atoms with Crippen molar-refractivity contribution >= 4 is 18.3 Å². The maximum absolute atomic E-state index is 14.0. The number of ether oxygens (including phenoxy) is 1. The summed E-state index contributed by atoms with van der Waals surface area (Å²) in [6, 6.07) is 5.18. The molecule has 6 nitrogen and oxygen atoms in total. The Balaban J connectivity index is 2.11. The summed E-state index contributed by atoms with van der Waals surface area (Å²) in [5.41, 5.74) is -0.284. The molecular weight excluding hydrogens is 351 g/mol. The molecule has 2 rings (SSSR count). The van der Waals surface area contributed by atoms with Gasteiger partial charge in [0.15, 0.2) is 0 Å². The molecule has 1 aliphatic rings. The Morgan fingerprint density at radius 3 is 2.70 bits per heavy atom. The van der Waals surface area contributed by atoms with Crippen LogP contribution in [0.15, 0.2) is 24.3 Å². The van der Waals surface area contributed by atoms with Crippen molar-refractivity contribution in [3.63, 3.8) is 0 Å². The third kappa shape index (κ3) is 6.34. The third-order valence-corrected chi connectivity index (χ3v) is 4.34. The maximum Gasteiger partial charge on any atom is 0.407 e. The fraction of sp³-hybridized carbons (Fsp3) is 0.550. The zero-order chi connectivity index (χ0) is 20.0. The van der Waals surface area contributed by atoms with Crippen LogP contribution < -0.4 is 5.32 Å². The summed E-state index contributed by atoms with van der Waals surface area (Å²) in [6.07, 6.45) is 1.65. The van der Waals surface area contributed by atoms with Crippen LogP contribution in [0.1, 0.15) is 45.6 Å². The summed E-state index contributed by atoms with van der Waals surface area (Å²) >= 11 is 0. The van der Waals surface area contributed by atoms with Crippen LogP contribution in [0.25, 0.3) is 0 Å². The van der Waals surface area contributed by atoms with E-state index in [1.807, 2.05) is 0 Å². The van der Waals surface area contributed by atoms with E-state index in [-0.39, 0.29) is 18.7 Å². The summed E-state index contributed by atoms with van der Waals surface area (Å²) in [6.45, 7) is 5.73. The molecule has 0 spiro atoms. The summed E-state index contributed by atoms with van der Waals surface area (Å²) in [5, 5.41) is 2.67. The van der Waals surface area contributed by atoms with E-state index in [0.29, 0.717) is 18.5 Å². The van der Waals surface area contributed by atoms with Gasteiger partial charge in [-0.2, -0.15) is 0 Å². The highest BCUT2D eigenvalue weighted by Crippen LogP contribution is 2.19. The molecule has 0 saturated carbocycles. The SMILES string of the molecule is CC(C)(C)OC(=O)N[C@@H](CC(=O)N1CCCC1C=O)Cc1ccccc1F. The standard InChI is InChI=1S/C20H27FN2O4/c1-20(2,3)27-19(26)22-15(11-14-7-4-5-9-17(14)21)12-18(25)23-10-6-8-16(23)13-24/h4-5,7,9,13,15-16H,6,8,10-12H2,1-3H3,(H,22,26)/t15-,16?/m1/s1. The first-order valence-electron chi connectivity index (χ1n) is 9.17. The van der Waals surface area contributed by atoms with E-state index < -0.39 is 29.6 Å². The fourth-order valence-corrected chi connectivity index (χ4v) is 3.15. The van der Waals surface area contributed by atoms with Crippen molar-refractivity contribution in [2.45, 2.75) is 64.1 Å². The second-order valence-electron chi connectivity index (χ2n) is 7.78. The predicted octanol–water partition coefficient (Wildman–Crippen LogP) is 2.84. The Morgan fingerprint density at radius 1 is 1.37 bits per heavy atom. The van der Waals surface area contributed by atoms with E-state index in [1.165, 1.54) is 11.0 Å². The molecule has 1 fully saturated rings. The Kier molecular flexibility index (Phi) is 6.93. The minimum absolute atomic E-state index is 0.0298. The highest BCUT2D eigenvalue weighted by Gasteiger charge is 2.31. The topological polar surface area (TPSA) is 75.7 Å². The van der Waals surface area contributed by atoms with Crippen molar-refractivity contribution in [1.82, 2.24) is 10.2 Å². The molecule has 0 aliphatic carbocycles.